The van der Waals surface area contributed by atoms with E-state index < -0.39 is 6.04 Å². The average molecular weight is 180 g/mol. The Morgan fingerprint density at radius 3 is 2.46 bits per heavy atom. The molecule has 0 aliphatic carbocycles. The van der Waals surface area contributed by atoms with Crippen molar-refractivity contribution in [3.05, 3.63) is 30.1 Å². The largest absolute Gasteiger partial charge is 0.317 e. The van der Waals surface area contributed by atoms with Crippen LogP contribution < -0.4 is 5.73 Å². The summed E-state index contributed by atoms with van der Waals surface area (Å²) in [7, 11) is 0. The van der Waals surface area contributed by atoms with E-state index in [0.29, 0.717) is 5.69 Å². The third-order valence-electron chi connectivity index (χ3n) is 1.44. The molecule has 0 aliphatic rings. The van der Waals surface area contributed by atoms with Crippen LogP contribution in [0, 0.1) is 0 Å². The van der Waals surface area contributed by atoms with Crippen molar-refractivity contribution >= 4 is 5.78 Å². The topological polar surface area (TPSA) is 56.0 Å². The second-order valence-electron chi connectivity index (χ2n) is 2.34. The molecule has 72 valence electrons. The van der Waals surface area contributed by atoms with E-state index in [0.717, 1.165) is 0 Å². The molecule has 0 amide bonds. The van der Waals surface area contributed by atoms with Crippen LogP contribution in [0.4, 0.5) is 0 Å². The minimum Gasteiger partial charge on any atom is -0.317 e. The number of hydrogen-bond acceptors (Lipinski definition) is 3. The molecule has 3 heteroatoms. The van der Waals surface area contributed by atoms with Crippen LogP contribution in [0.2, 0.25) is 0 Å². The number of Topliss-reactive ketones (excluding diaryl/α,β-unsaturated/α-hetero) is 1. The molecule has 13 heavy (non-hydrogen) atoms. The first-order valence-electron chi connectivity index (χ1n) is 4.39. The van der Waals surface area contributed by atoms with E-state index in [1.807, 2.05) is 19.9 Å². The lowest BCUT2D eigenvalue weighted by Gasteiger charge is -2.04. The molecule has 0 aromatic carbocycles. The van der Waals surface area contributed by atoms with Gasteiger partial charge in [0.2, 0.25) is 0 Å². The van der Waals surface area contributed by atoms with Crippen LogP contribution in [-0.2, 0) is 4.79 Å². The minimum absolute atomic E-state index is 0.0660. The van der Waals surface area contributed by atoms with Crippen molar-refractivity contribution in [2.75, 3.05) is 0 Å². The van der Waals surface area contributed by atoms with Gasteiger partial charge in [-0.3, -0.25) is 9.78 Å². The second-order valence-corrected chi connectivity index (χ2v) is 2.34. The molecule has 3 nitrogen and oxygen atoms in total. The van der Waals surface area contributed by atoms with Gasteiger partial charge in [-0.1, -0.05) is 19.9 Å². The van der Waals surface area contributed by atoms with Crippen molar-refractivity contribution in [3.8, 4) is 0 Å². The van der Waals surface area contributed by atoms with E-state index in [4.69, 9.17) is 5.73 Å². The fourth-order valence-electron chi connectivity index (χ4n) is 0.768. The monoisotopic (exact) mass is 180 g/mol. The molecular formula is C10H16N2O. The van der Waals surface area contributed by atoms with Crippen LogP contribution in [0.25, 0.3) is 0 Å². The zero-order chi connectivity index (χ0) is 10.3. The number of pyridine rings is 1. The van der Waals surface area contributed by atoms with E-state index >= 15 is 0 Å². The molecule has 1 atom stereocenters. The molecule has 2 N–H and O–H groups in total. The summed E-state index contributed by atoms with van der Waals surface area (Å²) in [5, 5.41) is 0. The van der Waals surface area contributed by atoms with Gasteiger partial charge >= 0.3 is 0 Å². The zero-order valence-corrected chi connectivity index (χ0v) is 8.32. The zero-order valence-electron chi connectivity index (χ0n) is 8.32. The summed E-state index contributed by atoms with van der Waals surface area (Å²) < 4.78 is 0. The highest BCUT2D eigenvalue weighted by atomic mass is 16.1. The van der Waals surface area contributed by atoms with Crippen LogP contribution in [0.5, 0.6) is 0 Å². The van der Waals surface area contributed by atoms with Gasteiger partial charge in [0.05, 0.1) is 5.69 Å². The summed E-state index contributed by atoms with van der Waals surface area (Å²) in [5.41, 5.74) is 6.15. The molecule has 0 spiro atoms. The molecule has 1 heterocycles. The fraction of sp³-hybridized carbons (Fsp3) is 0.400. The van der Waals surface area contributed by atoms with Crippen LogP contribution in [-0.4, -0.2) is 10.8 Å². The van der Waals surface area contributed by atoms with Gasteiger partial charge in [0, 0.05) is 6.20 Å². The van der Waals surface area contributed by atoms with Crippen LogP contribution in [0.15, 0.2) is 24.4 Å². The second kappa shape index (κ2) is 6.31. The average Bonchev–Trinajstić information content (AvgIpc) is 2.21. The molecule has 0 aliphatic heterocycles. The summed E-state index contributed by atoms with van der Waals surface area (Å²) >= 11 is 0. The molecule has 0 bridgehead atoms. The molecule has 1 unspecified atom stereocenters. The van der Waals surface area contributed by atoms with Gasteiger partial charge in [0.1, 0.15) is 6.04 Å². The highest BCUT2D eigenvalue weighted by Crippen LogP contribution is 2.05. The Morgan fingerprint density at radius 2 is 2.08 bits per heavy atom. The SMILES string of the molecule is CC.CC(=O)C(N)c1ccccn1. The molecule has 0 saturated heterocycles. The molecule has 0 radical (unpaired) electrons. The predicted molar refractivity (Wildman–Crippen MR) is 53.2 cm³/mol. The Morgan fingerprint density at radius 1 is 1.46 bits per heavy atom. The summed E-state index contributed by atoms with van der Waals surface area (Å²) in [6.45, 7) is 5.46. The number of rotatable bonds is 2. The van der Waals surface area contributed by atoms with E-state index in [9.17, 15) is 4.79 Å². The summed E-state index contributed by atoms with van der Waals surface area (Å²) in [6.07, 6.45) is 1.62. The van der Waals surface area contributed by atoms with Crippen molar-refractivity contribution in [1.29, 1.82) is 0 Å². The Bertz CT molecular complexity index is 246. The Balaban J connectivity index is 0.000000671. The van der Waals surface area contributed by atoms with E-state index in [1.54, 1.807) is 18.3 Å². The van der Waals surface area contributed by atoms with Gasteiger partial charge in [-0.25, -0.2) is 0 Å². The highest BCUT2D eigenvalue weighted by Gasteiger charge is 2.10. The molecule has 0 saturated carbocycles. The lowest BCUT2D eigenvalue weighted by molar-refractivity contribution is -0.118. The number of nitrogens with two attached hydrogens (primary N) is 1. The van der Waals surface area contributed by atoms with Crippen molar-refractivity contribution in [2.24, 2.45) is 5.73 Å². The lowest BCUT2D eigenvalue weighted by Crippen LogP contribution is -2.19. The van der Waals surface area contributed by atoms with Gasteiger partial charge in [-0.2, -0.15) is 0 Å². The van der Waals surface area contributed by atoms with E-state index in [1.165, 1.54) is 6.92 Å². The van der Waals surface area contributed by atoms with Crippen LogP contribution in [0.1, 0.15) is 32.5 Å². The van der Waals surface area contributed by atoms with Crippen LogP contribution in [0.3, 0.4) is 0 Å². The highest BCUT2D eigenvalue weighted by molar-refractivity contribution is 5.82. The van der Waals surface area contributed by atoms with Gasteiger partial charge in [-0.05, 0) is 19.1 Å². The first-order chi connectivity index (χ1) is 6.22. The first kappa shape index (κ1) is 11.8. The summed E-state index contributed by atoms with van der Waals surface area (Å²) in [5.74, 6) is -0.0660. The smallest absolute Gasteiger partial charge is 0.152 e. The molecule has 1 aromatic heterocycles. The maximum atomic E-state index is 10.8. The van der Waals surface area contributed by atoms with Crippen molar-refractivity contribution < 1.29 is 4.79 Å². The van der Waals surface area contributed by atoms with E-state index in [-0.39, 0.29) is 5.78 Å². The number of carbonyl (C=O) groups excluding carboxylic acids is 1. The number of carbonyl (C=O) groups is 1. The quantitative estimate of drug-likeness (QED) is 0.753. The Labute approximate surface area is 79.0 Å². The first-order valence-corrected chi connectivity index (χ1v) is 4.39. The van der Waals surface area contributed by atoms with Gasteiger partial charge in [0.25, 0.3) is 0 Å². The van der Waals surface area contributed by atoms with Gasteiger partial charge in [-0.15, -0.1) is 0 Å². The van der Waals surface area contributed by atoms with Crippen molar-refractivity contribution in [1.82, 2.24) is 4.98 Å². The summed E-state index contributed by atoms with van der Waals surface area (Å²) in [6, 6.07) is 4.77. The maximum absolute atomic E-state index is 10.8. The lowest BCUT2D eigenvalue weighted by atomic mass is 10.1. The number of nitrogens with zero attached hydrogens (tertiary/aromatic N) is 1. The normalized spacial score (nSPS) is 11.1. The third-order valence-corrected chi connectivity index (χ3v) is 1.44. The Hall–Kier alpha value is -1.22. The minimum atomic E-state index is -0.573. The van der Waals surface area contributed by atoms with Crippen molar-refractivity contribution in [2.45, 2.75) is 26.8 Å². The number of hydrogen-bond donors (Lipinski definition) is 1. The molecule has 0 fully saturated rings. The molecular weight excluding hydrogens is 164 g/mol. The number of aromatic nitrogens is 1. The summed E-state index contributed by atoms with van der Waals surface area (Å²) in [4.78, 5) is 14.7. The maximum Gasteiger partial charge on any atom is 0.152 e. The molecule has 1 aromatic rings. The van der Waals surface area contributed by atoms with Crippen molar-refractivity contribution in [3.63, 3.8) is 0 Å². The van der Waals surface area contributed by atoms with E-state index in [2.05, 4.69) is 4.98 Å². The van der Waals surface area contributed by atoms with Crippen LogP contribution >= 0.6 is 0 Å². The standard InChI is InChI=1S/C8H10N2O.C2H6/c1-6(11)8(9)7-4-2-3-5-10-7;1-2/h2-5,8H,9H2,1H3;1-2H3. The fourth-order valence-corrected chi connectivity index (χ4v) is 0.768. The van der Waals surface area contributed by atoms with Gasteiger partial charge in [0.15, 0.2) is 5.78 Å². The third kappa shape index (κ3) is 3.80. The predicted octanol–water partition coefficient (Wildman–Crippen LogP) is 1.70. The van der Waals surface area contributed by atoms with Gasteiger partial charge < -0.3 is 5.73 Å². The molecule has 1 rings (SSSR count). The Kier molecular flexibility index (Phi) is 5.72. The number of ketones is 1.